The number of amides is 1. The summed E-state index contributed by atoms with van der Waals surface area (Å²) in [5.74, 6) is -1.14. The van der Waals surface area contributed by atoms with Crippen molar-refractivity contribution < 1.29 is 19.1 Å². The van der Waals surface area contributed by atoms with Gasteiger partial charge in [0.2, 0.25) is 5.91 Å². The van der Waals surface area contributed by atoms with E-state index in [4.69, 9.17) is 0 Å². The lowest BCUT2D eigenvalue weighted by Crippen LogP contribution is -2.35. The van der Waals surface area contributed by atoms with E-state index in [0.717, 1.165) is 0 Å². The first-order valence-electron chi connectivity index (χ1n) is 5.91. The minimum atomic E-state index is -1.11. The molecule has 1 amide bonds. The van der Waals surface area contributed by atoms with Crippen molar-refractivity contribution in [2.45, 2.75) is 12.5 Å². The molecule has 0 radical (unpaired) electrons. The summed E-state index contributed by atoms with van der Waals surface area (Å²) in [5.41, 5.74) is 0.405. The number of carbonyl (C=O) groups is 2. The highest BCUT2D eigenvalue weighted by Crippen LogP contribution is 2.29. The van der Waals surface area contributed by atoms with Crippen molar-refractivity contribution in [3.8, 4) is 0 Å². The minimum Gasteiger partial charge on any atom is -0.479 e. The van der Waals surface area contributed by atoms with Crippen LogP contribution in [0.25, 0.3) is 0 Å². The van der Waals surface area contributed by atoms with Crippen LogP contribution >= 0.6 is 12.6 Å². The molecule has 1 heterocycles. The molecule has 2 rings (SSSR count). The Morgan fingerprint density at radius 3 is 2.58 bits per heavy atom. The second-order valence-electron chi connectivity index (χ2n) is 4.59. The van der Waals surface area contributed by atoms with Crippen LogP contribution in [0.2, 0.25) is 0 Å². The summed E-state index contributed by atoms with van der Waals surface area (Å²) in [6.07, 6.45) is 0.314. The van der Waals surface area contributed by atoms with Gasteiger partial charge in [-0.1, -0.05) is 12.1 Å². The first-order chi connectivity index (χ1) is 9.02. The number of carboxylic acid groups (broad SMARTS) is 1. The number of likely N-dealkylation sites (tertiary alicyclic amines) is 1. The Hall–Kier alpha value is -1.56. The van der Waals surface area contributed by atoms with Crippen LogP contribution in [-0.2, 0) is 9.59 Å². The maximum Gasteiger partial charge on any atom is 0.331 e. The van der Waals surface area contributed by atoms with Crippen LogP contribution in [0.1, 0.15) is 18.0 Å². The number of benzene rings is 1. The molecular weight excluding hydrogens is 269 g/mol. The summed E-state index contributed by atoms with van der Waals surface area (Å²) in [6.45, 7) is 0.372. The maximum atomic E-state index is 12.9. The van der Waals surface area contributed by atoms with Crippen LogP contribution < -0.4 is 0 Å². The van der Waals surface area contributed by atoms with Crippen LogP contribution in [0, 0.1) is 11.7 Å². The van der Waals surface area contributed by atoms with Gasteiger partial charge in [0.05, 0.1) is 0 Å². The fourth-order valence-corrected chi connectivity index (χ4v) is 2.53. The molecule has 1 aliphatic rings. The SMILES string of the molecule is O=C(O)[C@H](c1ccc(F)cc1)N1CC(CS)CC1=O. The van der Waals surface area contributed by atoms with Gasteiger partial charge in [-0.25, -0.2) is 9.18 Å². The van der Waals surface area contributed by atoms with E-state index >= 15 is 0 Å². The molecule has 4 nitrogen and oxygen atoms in total. The van der Waals surface area contributed by atoms with Gasteiger partial charge in [-0.2, -0.15) is 12.6 Å². The molecule has 1 N–H and O–H groups in total. The predicted molar refractivity (Wildman–Crippen MR) is 70.4 cm³/mol. The number of halogens is 1. The molecule has 1 fully saturated rings. The number of carbonyl (C=O) groups excluding carboxylic acids is 1. The number of carboxylic acids is 1. The second-order valence-corrected chi connectivity index (χ2v) is 4.96. The monoisotopic (exact) mass is 283 g/mol. The van der Waals surface area contributed by atoms with E-state index in [1.54, 1.807) is 0 Å². The Balaban J connectivity index is 2.28. The lowest BCUT2D eigenvalue weighted by Gasteiger charge is -2.25. The lowest BCUT2D eigenvalue weighted by atomic mass is 10.1. The fourth-order valence-electron chi connectivity index (χ4n) is 2.28. The highest BCUT2D eigenvalue weighted by atomic mass is 32.1. The molecule has 0 aliphatic carbocycles. The fraction of sp³-hybridized carbons (Fsp3) is 0.385. The van der Waals surface area contributed by atoms with Gasteiger partial charge < -0.3 is 10.0 Å². The van der Waals surface area contributed by atoms with E-state index in [1.165, 1.54) is 29.2 Å². The van der Waals surface area contributed by atoms with Crippen molar-refractivity contribution in [3.63, 3.8) is 0 Å². The Morgan fingerprint density at radius 1 is 1.47 bits per heavy atom. The molecule has 1 saturated heterocycles. The van der Waals surface area contributed by atoms with E-state index < -0.39 is 17.8 Å². The van der Waals surface area contributed by atoms with Gasteiger partial charge >= 0.3 is 5.97 Å². The van der Waals surface area contributed by atoms with Gasteiger partial charge in [0, 0.05) is 13.0 Å². The Kier molecular flexibility index (Phi) is 4.09. The molecule has 19 heavy (non-hydrogen) atoms. The summed E-state index contributed by atoms with van der Waals surface area (Å²) < 4.78 is 12.9. The summed E-state index contributed by atoms with van der Waals surface area (Å²) >= 11 is 4.14. The molecule has 2 atom stereocenters. The third kappa shape index (κ3) is 2.89. The van der Waals surface area contributed by atoms with Crippen molar-refractivity contribution in [1.82, 2.24) is 4.90 Å². The number of aliphatic carboxylic acids is 1. The van der Waals surface area contributed by atoms with E-state index in [1.807, 2.05) is 0 Å². The number of hydrogen-bond acceptors (Lipinski definition) is 3. The Morgan fingerprint density at radius 2 is 2.11 bits per heavy atom. The van der Waals surface area contributed by atoms with Gasteiger partial charge in [0.15, 0.2) is 6.04 Å². The number of thiol groups is 1. The van der Waals surface area contributed by atoms with Gasteiger partial charge in [0.1, 0.15) is 5.82 Å². The predicted octanol–water partition coefficient (Wildman–Crippen LogP) is 1.73. The molecule has 1 unspecified atom stereocenters. The molecular formula is C13H14FNO3S. The molecule has 1 aromatic carbocycles. The van der Waals surface area contributed by atoms with Crippen LogP contribution in [0.3, 0.4) is 0 Å². The van der Waals surface area contributed by atoms with Crippen LogP contribution in [0.5, 0.6) is 0 Å². The number of rotatable bonds is 4. The summed E-state index contributed by atoms with van der Waals surface area (Å²) in [5, 5.41) is 9.33. The van der Waals surface area contributed by atoms with Crippen LogP contribution in [-0.4, -0.2) is 34.2 Å². The summed E-state index contributed by atoms with van der Waals surface area (Å²) in [7, 11) is 0. The van der Waals surface area contributed by atoms with Gasteiger partial charge in [-0.05, 0) is 29.4 Å². The summed E-state index contributed by atoms with van der Waals surface area (Å²) in [4.78, 5) is 24.6. The highest BCUT2D eigenvalue weighted by Gasteiger charge is 2.37. The lowest BCUT2D eigenvalue weighted by molar-refractivity contribution is -0.148. The number of hydrogen-bond donors (Lipinski definition) is 2. The topological polar surface area (TPSA) is 57.6 Å². The number of nitrogens with zero attached hydrogens (tertiary/aromatic N) is 1. The zero-order valence-corrected chi connectivity index (χ0v) is 11.0. The zero-order valence-electron chi connectivity index (χ0n) is 10.1. The van der Waals surface area contributed by atoms with Crippen molar-refractivity contribution in [2.24, 2.45) is 5.92 Å². The quantitative estimate of drug-likeness (QED) is 0.827. The molecule has 0 spiro atoms. The Labute approximate surface area is 115 Å². The average molecular weight is 283 g/mol. The van der Waals surface area contributed by atoms with Crippen molar-refractivity contribution >= 4 is 24.5 Å². The largest absolute Gasteiger partial charge is 0.479 e. The average Bonchev–Trinajstić information content (AvgIpc) is 2.73. The molecule has 1 aliphatic heterocycles. The molecule has 1 aromatic rings. The first kappa shape index (κ1) is 13.9. The van der Waals surface area contributed by atoms with E-state index in [0.29, 0.717) is 24.3 Å². The van der Waals surface area contributed by atoms with E-state index in [9.17, 15) is 19.1 Å². The smallest absolute Gasteiger partial charge is 0.331 e. The van der Waals surface area contributed by atoms with Crippen molar-refractivity contribution in [3.05, 3.63) is 35.6 Å². The van der Waals surface area contributed by atoms with Gasteiger partial charge in [0.25, 0.3) is 0 Å². The third-order valence-electron chi connectivity index (χ3n) is 3.23. The Bertz CT molecular complexity index is 491. The molecule has 6 heteroatoms. The molecule has 0 bridgehead atoms. The molecule has 0 saturated carbocycles. The van der Waals surface area contributed by atoms with E-state index in [-0.39, 0.29) is 11.8 Å². The first-order valence-corrected chi connectivity index (χ1v) is 6.54. The van der Waals surface area contributed by atoms with Gasteiger partial charge in [-0.15, -0.1) is 0 Å². The highest BCUT2D eigenvalue weighted by molar-refractivity contribution is 7.80. The minimum absolute atomic E-state index is 0.0677. The van der Waals surface area contributed by atoms with Crippen LogP contribution in [0.4, 0.5) is 4.39 Å². The zero-order chi connectivity index (χ0) is 14.0. The second kappa shape index (κ2) is 5.61. The standard InChI is InChI=1S/C13H14FNO3S/c14-10-3-1-9(2-4-10)12(13(17)18)15-6-8(7-19)5-11(15)16/h1-4,8,12,19H,5-7H2,(H,17,18)/t8?,12-/m0/s1. The molecule has 0 aromatic heterocycles. The maximum absolute atomic E-state index is 12.9. The normalized spacial score (nSPS) is 20.6. The summed E-state index contributed by atoms with van der Waals surface area (Å²) in [6, 6.07) is 4.13. The van der Waals surface area contributed by atoms with E-state index in [2.05, 4.69) is 12.6 Å². The third-order valence-corrected chi connectivity index (χ3v) is 3.74. The van der Waals surface area contributed by atoms with Crippen LogP contribution in [0.15, 0.2) is 24.3 Å². The molecule has 102 valence electrons. The van der Waals surface area contributed by atoms with Crippen molar-refractivity contribution in [1.29, 1.82) is 0 Å². The van der Waals surface area contributed by atoms with Crippen molar-refractivity contribution in [2.75, 3.05) is 12.3 Å². The van der Waals surface area contributed by atoms with Gasteiger partial charge in [-0.3, -0.25) is 4.79 Å².